The van der Waals surface area contributed by atoms with Crippen molar-refractivity contribution in [3.63, 3.8) is 0 Å². The molecule has 1 amide bonds. The number of ketones is 1. The molecule has 0 unspecified atom stereocenters. The zero-order valence-electron chi connectivity index (χ0n) is 11.0. The molecule has 1 aromatic rings. The topological polar surface area (TPSA) is 58.5 Å². The lowest BCUT2D eigenvalue weighted by Crippen LogP contribution is -2.27. The lowest BCUT2D eigenvalue weighted by atomic mass is 10.1. The second-order valence-corrected chi connectivity index (χ2v) is 6.88. The van der Waals surface area contributed by atoms with Gasteiger partial charge >= 0.3 is 0 Å². The van der Waals surface area contributed by atoms with Gasteiger partial charge in [0.15, 0.2) is 11.0 Å². The molecule has 2 rings (SSSR count). The molecule has 0 aromatic carbocycles. The minimum absolute atomic E-state index is 0.0398. The van der Waals surface area contributed by atoms with Crippen molar-refractivity contribution in [3.8, 4) is 0 Å². The van der Waals surface area contributed by atoms with Crippen LogP contribution < -0.4 is 5.32 Å². The van der Waals surface area contributed by atoms with E-state index in [1.54, 1.807) is 23.1 Å². The molecule has 2 heterocycles. The Morgan fingerprint density at radius 2 is 2.16 bits per heavy atom. The molecule has 0 radical (unpaired) electrons. The number of carbonyl (C=O) groups excluding carboxylic acids is 2. The van der Waals surface area contributed by atoms with Gasteiger partial charge < -0.3 is 5.32 Å². The first-order valence-corrected chi connectivity index (χ1v) is 7.94. The molecule has 1 aromatic heterocycles. The van der Waals surface area contributed by atoms with Crippen LogP contribution >= 0.6 is 23.1 Å². The van der Waals surface area contributed by atoms with E-state index in [0.29, 0.717) is 5.17 Å². The summed E-state index contributed by atoms with van der Waals surface area (Å²) in [6.07, 6.45) is 0.466. The number of hydrogen-bond acceptors (Lipinski definition) is 5. The smallest absolute Gasteiger partial charge is 0.226 e. The van der Waals surface area contributed by atoms with Gasteiger partial charge in [0.1, 0.15) is 0 Å². The Labute approximate surface area is 120 Å². The number of Topliss-reactive ketones (excluding diaryl/α,β-unsaturated/α-hetero) is 1. The van der Waals surface area contributed by atoms with Gasteiger partial charge in [-0.15, -0.1) is 11.3 Å². The third-order valence-electron chi connectivity index (χ3n) is 2.75. The van der Waals surface area contributed by atoms with Crippen LogP contribution in [0.5, 0.6) is 0 Å². The van der Waals surface area contributed by atoms with E-state index in [4.69, 9.17) is 0 Å². The van der Waals surface area contributed by atoms with Crippen molar-refractivity contribution in [1.29, 1.82) is 0 Å². The van der Waals surface area contributed by atoms with E-state index >= 15 is 0 Å². The van der Waals surface area contributed by atoms with Gasteiger partial charge in [0.25, 0.3) is 0 Å². The van der Waals surface area contributed by atoms with Gasteiger partial charge in [0.2, 0.25) is 5.91 Å². The van der Waals surface area contributed by atoms with E-state index in [0.717, 1.165) is 27.6 Å². The highest BCUT2D eigenvalue weighted by molar-refractivity contribution is 8.14. The normalized spacial score (nSPS) is 14.3. The van der Waals surface area contributed by atoms with Crippen molar-refractivity contribution in [1.82, 2.24) is 5.32 Å². The molecule has 0 atom stereocenters. The molecular formula is C13H16N2O2S2. The maximum absolute atomic E-state index is 12.0. The van der Waals surface area contributed by atoms with Crippen LogP contribution in [0.4, 0.5) is 0 Å². The Morgan fingerprint density at radius 3 is 2.74 bits per heavy atom. The summed E-state index contributed by atoms with van der Waals surface area (Å²) in [6.45, 7) is 4.68. The number of hydrogen-bond donors (Lipinski definition) is 1. The number of nitrogens with one attached hydrogen (secondary N) is 1. The van der Waals surface area contributed by atoms with Crippen LogP contribution in [0, 0.1) is 13.8 Å². The maximum atomic E-state index is 12.0. The maximum Gasteiger partial charge on any atom is 0.226 e. The zero-order valence-corrected chi connectivity index (χ0v) is 12.6. The molecule has 1 N–H and O–H groups in total. The fraction of sp³-hybridized carbons (Fsp3) is 0.462. The largest absolute Gasteiger partial charge is 0.305 e. The SMILES string of the molecule is Cc1cc(C(=O)CCC(=O)NC2=NCCS2)c(C)s1. The number of aryl methyl sites for hydroxylation is 2. The molecule has 1 aliphatic rings. The van der Waals surface area contributed by atoms with Crippen LogP contribution in [-0.4, -0.2) is 29.2 Å². The van der Waals surface area contributed by atoms with E-state index in [9.17, 15) is 9.59 Å². The molecule has 1 aliphatic heterocycles. The van der Waals surface area contributed by atoms with Crippen LogP contribution in [0.2, 0.25) is 0 Å². The summed E-state index contributed by atoms with van der Waals surface area (Å²) < 4.78 is 0. The van der Waals surface area contributed by atoms with Crippen LogP contribution in [0.25, 0.3) is 0 Å². The van der Waals surface area contributed by atoms with Gasteiger partial charge in [-0.3, -0.25) is 14.6 Å². The molecule has 0 bridgehead atoms. The minimum Gasteiger partial charge on any atom is -0.305 e. The summed E-state index contributed by atoms with van der Waals surface area (Å²) in [4.78, 5) is 30.0. The summed E-state index contributed by atoms with van der Waals surface area (Å²) in [5.41, 5.74) is 0.753. The number of rotatable bonds is 4. The summed E-state index contributed by atoms with van der Waals surface area (Å²) in [5.74, 6) is 0.825. The average Bonchev–Trinajstić information content (AvgIpc) is 2.96. The Balaban J connectivity index is 1.83. The van der Waals surface area contributed by atoms with Gasteiger partial charge in [-0.2, -0.15) is 0 Å². The third-order valence-corrected chi connectivity index (χ3v) is 4.61. The monoisotopic (exact) mass is 296 g/mol. The second-order valence-electron chi connectivity index (χ2n) is 4.33. The summed E-state index contributed by atoms with van der Waals surface area (Å²) in [6, 6.07) is 1.90. The molecule has 0 saturated carbocycles. The van der Waals surface area contributed by atoms with Gasteiger partial charge in [0, 0.05) is 33.9 Å². The van der Waals surface area contributed by atoms with E-state index in [-0.39, 0.29) is 24.5 Å². The molecule has 0 spiro atoms. The first-order valence-electron chi connectivity index (χ1n) is 6.13. The Bertz CT molecular complexity index is 535. The number of amides is 1. The van der Waals surface area contributed by atoms with Crippen molar-refractivity contribution in [3.05, 3.63) is 21.4 Å². The lowest BCUT2D eigenvalue weighted by molar-refractivity contribution is -0.119. The molecule has 6 heteroatoms. The first kappa shape index (κ1) is 14.3. The Morgan fingerprint density at radius 1 is 1.37 bits per heavy atom. The van der Waals surface area contributed by atoms with Gasteiger partial charge in [-0.1, -0.05) is 11.8 Å². The van der Waals surface area contributed by atoms with Crippen molar-refractivity contribution >= 4 is 40.0 Å². The second kappa shape index (κ2) is 6.34. The molecule has 4 nitrogen and oxygen atoms in total. The number of thiophene rings is 1. The van der Waals surface area contributed by atoms with Crippen LogP contribution in [-0.2, 0) is 4.79 Å². The van der Waals surface area contributed by atoms with Crippen LogP contribution in [0.15, 0.2) is 11.1 Å². The van der Waals surface area contributed by atoms with Gasteiger partial charge in [-0.25, -0.2) is 0 Å². The van der Waals surface area contributed by atoms with E-state index in [1.165, 1.54) is 0 Å². The van der Waals surface area contributed by atoms with Gasteiger partial charge in [0.05, 0.1) is 6.54 Å². The molecular weight excluding hydrogens is 280 g/mol. The van der Waals surface area contributed by atoms with E-state index in [1.807, 2.05) is 19.9 Å². The summed E-state index contributed by atoms with van der Waals surface area (Å²) in [5, 5.41) is 3.41. The standard InChI is InChI=1S/C13H16N2O2S2/c1-8-7-10(9(2)19-8)11(16)3-4-12(17)15-13-14-5-6-18-13/h7H,3-6H2,1-2H3,(H,14,15,17). The average molecular weight is 296 g/mol. The molecule has 0 aliphatic carbocycles. The van der Waals surface area contributed by atoms with Crippen molar-refractivity contribution in [2.75, 3.05) is 12.3 Å². The zero-order chi connectivity index (χ0) is 13.8. The Kier molecular flexibility index (Phi) is 4.76. The van der Waals surface area contributed by atoms with Crippen molar-refractivity contribution < 1.29 is 9.59 Å². The number of thioether (sulfide) groups is 1. The molecule has 19 heavy (non-hydrogen) atoms. The van der Waals surface area contributed by atoms with E-state index in [2.05, 4.69) is 10.3 Å². The van der Waals surface area contributed by atoms with Crippen LogP contribution in [0.3, 0.4) is 0 Å². The number of carbonyl (C=O) groups is 2. The van der Waals surface area contributed by atoms with E-state index < -0.39 is 0 Å². The highest BCUT2D eigenvalue weighted by atomic mass is 32.2. The summed E-state index contributed by atoms with van der Waals surface area (Å²) in [7, 11) is 0. The third kappa shape index (κ3) is 3.91. The fourth-order valence-electron chi connectivity index (χ4n) is 1.86. The highest BCUT2D eigenvalue weighted by Gasteiger charge is 2.15. The fourth-order valence-corrected chi connectivity index (χ4v) is 3.55. The van der Waals surface area contributed by atoms with Crippen molar-refractivity contribution in [2.45, 2.75) is 26.7 Å². The molecule has 0 fully saturated rings. The lowest BCUT2D eigenvalue weighted by Gasteiger charge is -2.03. The molecule has 102 valence electrons. The predicted octanol–water partition coefficient (Wildman–Crippen LogP) is 2.55. The highest BCUT2D eigenvalue weighted by Crippen LogP contribution is 2.22. The summed E-state index contributed by atoms with van der Waals surface area (Å²) >= 11 is 3.16. The first-order chi connectivity index (χ1) is 9.06. The molecule has 0 saturated heterocycles. The predicted molar refractivity (Wildman–Crippen MR) is 80.3 cm³/mol. The number of aliphatic imine (C=N–C) groups is 1. The van der Waals surface area contributed by atoms with Gasteiger partial charge in [-0.05, 0) is 19.9 Å². The Hall–Kier alpha value is -1.14. The quantitative estimate of drug-likeness (QED) is 0.869. The minimum atomic E-state index is -0.133. The van der Waals surface area contributed by atoms with Crippen LogP contribution in [0.1, 0.15) is 33.0 Å². The van der Waals surface area contributed by atoms with Crippen molar-refractivity contribution in [2.24, 2.45) is 4.99 Å². The number of amidine groups is 1. The number of nitrogens with zero attached hydrogens (tertiary/aromatic N) is 1.